The molecule has 2 rings (SSSR count). The highest BCUT2D eigenvalue weighted by Crippen LogP contribution is 2.25. The fourth-order valence-corrected chi connectivity index (χ4v) is 2.59. The molecule has 0 saturated heterocycles. The summed E-state index contributed by atoms with van der Waals surface area (Å²) >= 11 is 8.26. The number of aryl methyl sites for hydroxylation is 1. The number of hydrogen-bond acceptors (Lipinski definition) is 4. The summed E-state index contributed by atoms with van der Waals surface area (Å²) in [6, 6.07) is 10.4. The predicted molar refractivity (Wildman–Crippen MR) is 102 cm³/mol. The molecule has 0 radical (unpaired) electrons. The van der Waals surface area contributed by atoms with Gasteiger partial charge in [-0.15, -0.1) is 0 Å². The molecule has 0 saturated carbocycles. The molecule has 0 bridgehead atoms. The lowest BCUT2D eigenvalue weighted by atomic mass is 10.2. The van der Waals surface area contributed by atoms with Crippen molar-refractivity contribution in [3.8, 4) is 5.75 Å². The Balaban J connectivity index is 1.75. The van der Waals surface area contributed by atoms with E-state index in [0.29, 0.717) is 5.75 Å². The van der Waals surface area contributed by atoms with Gasteiger partial charge in [-0.3, -0.25) is 25.8 Å². The predicted octanol–water partition coefficient (Wildman–Crippen LogP) is 2.61. The van der Waals surface area contributed by atoms with Crippen LogP contribution in [0.4, 0.5) is 4.39 Å². The van der Waals surface area contributed by atoms with Crippen molar-refractivity contribution in [3.05, 3.63) is 63.9 Å². The molecular weight excluding hydrogens is 425 g/mol. The molecule has 0 aromatic heterocycles. The molecule has 0 heterocycles. The van der Waals surface area contributed by atoms with Crippen LogP contribution >= 0.6 is 28.1 Å². The SMILES string of the molecule is Cc1ccc(OCC(=O)NNC(=S)NC(=O)c2ccc(F)cc2)c(Br)c1. The number of hydrazine groups is 1. The second-order valence-corrected chi connectivity index (χ2v) is 6.45. The zero-order valence-electron chi connectivity index (χ0n) is 13.6. The molecule has 0 spiro atoms. The van der Waals surface area contributed by atoms with E-state index in [-0.39, 0.29) is 17.3 Å². The van der Waals surface area contributed by atoms with E-state index in [1.54, 1.807) is 6.07 Å². The first-order valence-electron chi connectivity index (χ1n) is 7.40. The van der Waals surface area contributed by atoms with Crippen molar-refractivity contribution in [2.75, 3.05) is 6.61 Å². The number of hydrogen-bond donors (Lipinski definition) is 3. The number of halogens is 2. The number of carbonyl (C=O) groups is 2. The van der Waals surface area contributed by atoms with Gasteiger partial charge in [-0.2, -0.15) is 0 Å². The fraction of sp³-hybridized carbons (Fsp3) is 0.118. The second-order valence-electron chi connectivity index (χ2n) is 5.19. The Labute approximate surface area is 163 Å². The highest BCUT2D eigenvalue weighted by atomic mass is 79.9. The van der Waals surface area contributed by atoms with Gasteiger partial charge in [0.25, 0.3) is 11.8 Å². The Morgan fingerprint density at radius 2 is 1.85 bits per heavy atom. The lowest BCUT2D eigenvalue weighted by molar-refractivity contribution is -0.123. The van der Waals surface area contributed by atoms with Crippen LogP contribution in [0.15, 0.2) is 46.9 Å². The third-order valence-corrected chi connectivity index (χ3v) is 3.92. The fourth-order valence-electron chi connectivity index (χ4n) is 1.84. The molecule has 9 heteroatoms. The Morgan fingerprint density at radius 1 is 1.15 bits per heavy atom. The number of ether oxygens (including phenoxy) is 1. The van der Waals surface area contributed by atoms with E-state index in [4.69, 9.17) is 17.0 Å². The highest BCUT2D eigenvalue weighted by molar-refractivity contribution is 9.10. The minimum Gasteiger partial charge on any atom is -0.483 e. The number of rotatable bonds is 4. The third kappa shape index (κ3) is 6.08. The van der Waals surface area contributed by atoms with Gasteiger partial charge in [0.2, 0.25) is 0 Å². The summed E-state index contributed by atoms with van der Waals surface area (Å²) in [5, 5.41) is 2.25. The lowest BCUT2D eigenvalue weighted by Gasteiger charge is -2.12. The van der Waals surface area contributed by atoms with Crippen molar-refractivity contribution in [1.29, 1.82) is 0 Å². The lowest BCUT2D eigenvalue weighted by Crippen LogP contribution is -2.49. The maximum absolute atomic E-state index is 12.8. The van der Waals surface area contributed by atoms with Crippen LogP contribution in [0.25, 0.3) is 0 Å². The van der Waals surface area contributed by atoms with Crippen molar-refractivity contribution in [2.24, 2.45) is 0 Å². The van der Waals surface area contributed by atoms with Gasteiger partial charge in [0.05, 0.1) is 4.47 Å². The molecule has 3 N–H and O–H groups in total. The number of nitrogens with one attached hydrogen (secondary N) is 3. The molecule has 26 heavy (non-hydrogen) atoms. The van der Waals surface area contributed by atoms with Crippen molar-refractivity contribution in [2.45, 2.75) is 6.92 Å². The molecule has 6 nitrogen and oxygen atoms in total. The molecule has 0 aliphatic carbocycles. The Hall–Kier alpha value is -2.52. The molecule has 0 unspecified atom stereocenters. The second kappa shape index (κ2) is 9.25. The molecular formula is C17H15BrFN3O3S. The van der Waals surface area contributed by atoms with Gasteiger partial charge in [-0.25, -0.2) is 4.39 Å². The van der Waals surface area contributed by atoms with Crippen LogP contribution in [-0.2, 0) is 4.79 Å². The van der Waals surface area contributed by atoms with Crippen LogP contribution in [0.2, 0.25) is 0 Å². The van der Waals surface area contributed by atoms with Crippen LogP contribution in [0.3, 0.4) is 0 Å². The van der Waals surface area contributed by atoms with Crippen LogP contribution in [0.1, 0.15) is 15.9 Å². The average Bonchev–Trinajstić information content (AvgIpc) is 2.59. The zero-order chi connectivity index (χ0) is 19.1. The Kier molecular flexibility index (Phi) is 7.05. The molecule has 0 fully saturated rings. The molecule has 0 aliphatic heterocycles. The van der Waals surface area contributed by atoms with Gasteiger partial charge in [0.1, 0.15) is 11.6 Å². The van der Waals surface area contributed by atoms with E-state index in [2.05, 4.69) is 32.1 Å². The van der Waals surface area contributed by atoms with Crippen molar-refractivity contribution >= 4 is 45.1 Å². The first-order valence-corrected chi connectivity index (χ1v) is 8.60. The Bertz CT molecular complexity index is 831. The topological polar surface area (TPSA) is 79.5 Å². The number of thiocarbonyl (C=S) groups is 1. The molecule has 2 amide bonds. The number of carbonyl (C=O) groups excluding carboxylic acids is 2. The largest absolute Gasteiger partial charge is 0.483 e. The zero-order valence-corrected chi connectivity index (χ0v) is 16.0. The third-order valence-electron chi connectivity index (χ3n) is 3.10. The highest BCUT2D eigenvalue weighted by Gasteiger charge is 2.09. The monoisotopic (exact) mass is 439 g/mol. The standard InChI is InChI=1S/C17H15BrFN3O3S/c1-10-2-7-14(13(18)8-10)25-9-15(23)21-22-17(26)20-16(24)11-3-5-12(19)6-4-11/h2-8H,9H2,1H3,(H,21,23)(H2,20,22,24,26). The van der Waals surface area contributed by atoms with Crippen LogP contribution in [-0.4, -0.2) is 23.5 Å². The van der Waals surface area contributed by atoms with E-state index >= 15 is 0 Å². The van der Waals surface area contributed by atoms with E-state index in [9.17, 15) is 14.0 Å². The summed E-state index contributed by atoms with van der Waals surface area (Å²) < 4.78 is 18.9. The minimum absolute atomic E-state index is 0.107. The van der Waals surface area contributed by atoms with Gasteiger partial charge in [0.15, 0.2) is 11.7 Å². The van der Waals surface area contributed by atoms with Gasteiger partial charge in [0, 0.05) is 5.56 Å². The minimum atomic E-state index is -0.531. The normalized spacial score (nSPS) is 9.96. The summed E-state index contributed by atoms with van der Waals surface area (Å²) in [6.45, 7) is 1.69. The van der Waals surface area contributed by atoms with Crippen molar-refractivity contribution in [3.63, 3.8) is 0 Å². The number of amides is 2. The summed E-state index contributed by atoms with van der Waals surface area (Å²) in [5.74, 6) is -0.944. The first-order chi connectivity index (χ1) is 12.3. The maximum atomic E-state index is 12.8. The quantitative estimate of drug-likeness (QED) is 0.503. The van der Waals surface area contributed by atoms with Gasteiger partial charge in [-0.05, 0) is 77.0 Å². The van der Waals surface area contributed by atoms with E-state index < -0.39 is 17.6 Å². The van der Waals surface area contributed by atoms with Gasteiger partial charge >= 0.3 is 0 Å². The van der Waals surface area contributed by atoms with Crippen LogP contribution < -0.4 is 20.9 Å². The van der Waals surface area contributed by atoms with Crippen molar-refractivity contribution in [1.82, 2.24) is 16.2 Å². The molecule has 2 aromatic carbocycles. The van der Waals surface area contributed by atoms with Gasteiger partial charge in [-0.1, -0.05) is 6.07 Å². The summed E-state index contributed by atoms with van der Waals surface area (Å²) in [5.41, 5.74) is 5.98. The maximum Gasteiger partial charge on any atom is 0.276 e. The smallest absolute Gasteiger partial charge is 0.276 e. The van der Waals surface area contributed by atoms with Crippen LogP contribution in [0.5, 0.6) is 5.75 Å². The summed E-state index contributed by atoms with van der Waals surface area (Å²) in [6.07, 6.45) is 0. The Morgan fingerprint density at radius 3 is 2.50 bits per heavy atom. The number of benzene rings is 2. The molecule has 2 aromatic rings. The summed E-state index contributed by atoms with van der Waals surface area (Å²) in [7, 11) is 0. The van der Waals surface area contributed by atoms with Gasteiger partial charge < -0.3 is 4.74 Å². The van der Waals surface area contributed by atoms with E-state index in [0.717, 1.165) is 22.2 Å². The molecule has 0 atom stereocenters. The molecule has 136 valence electrons. The first kappa shape index (κ1) is 19.8. The average molecular weight is 440 g/mol. The van der Waals surface area contributed by atoms with Crippen molar-refractivity contribution < 1.29 is 18.7 Å². The van der Waals surface area contributed by atoms with E-state index in [1.807, 2.05) is 19.1 Å². The van der Waals surface area contributed by atoms with Crippen LogP contribution in [0, 0.1) is 12.7 Å². The molecule has 0 aliphatic rings. The summed E-state index contributed by atoms with van der Waals surface area (Å²) in [4.78, 5) is 23.6. The van der Waals surface area contributed by atoms with E-state index in [1.165, 1.54) is 12.1 Å².